The number of carbonyl (C=O) groups is 3. The first kappa shape index (κ1) is 20.8. The fourth-order valence-electron chi connectivity index (χ4n) is 3.67. The SMILES string of the molecule is CC1(c2ccc(F)cc2Cl)NC(=O)N(CC(=O)c2c(N)n(C3CC3)c(=O)[nH]c2=O)C1=O. The number of nitrogen functional groups attached to an aromatic ring is 1. The van der Waals surface area contributed by atoms with Crippen LogP contribution in [0, 0.1) is 5.82 Å². The van der Waals surface area contributed by atoms with Crippen molar-refractivity contribution < 1.29 is 18.8 Å². The maximum atomic E-state index is 13.4. The number of nitrogens with two attached hydrogens (primary N) is 1. The zero-order chi connectivity index (χ0) is 22.7. The Bertz CT molecular complexity index is 1270. The maximum Gasteiger partial charge on any atom is 0.330 e. The molecule has 1 saturated carbocycles. The van der Waals surface area contributed by atoms with Crippen LogP contribution in [0.15, 0.2) is 27.8 Å². The number of nitrogens with zero attached hydrogens (tertiary/aromatic N) is 2. The Labute approximate surface area is 178 Å². The number of anilines is 1. The molecule has 10 nitrogen and oxygen atoms in total. The average molecular weight is 450 g/mol. The molecule has 2 aliphatic rings. The van der Waals surface area contributed by atoms with E-state index in [2.05, 4.69) is 5.32 Å². The normalized spacial score (nSPS) is 20.8. The molecule has 12 heteroatoms. The molecule has 4 N–H and O–H groups in total. The van der Waals surface area contributed by atoms with Crippen LogP contribution in [0.3, 0.4) is 0 Å². The van der Waals surface area contributed by atoms with E-state index in [-0.39, 0.29) is 22.4 Å². The van der Waals surface area contributed by atoms with E-state index in [0.717, 1.165) is 16.7 Å². The lowest BCUT2D eigenvalue weighted by molar-refractivity contribution is -0.130. The highest BCUT2D eigenvalue weighted by molar-refractivity contribution is 6.32. The molecule has 1 aromatic heterocycles. The van der Waals surface area contributed by atoms with Crippen molar-refractivity contribution in [2.24, 2.45) is 0 Å². The van der Waals surface area contributed by atoms with Gasteiger partial charge < -0.3 is 11.1 Å². The summed E-state index contributed by atoms with van der Waals surface area (Å²) in [5, 5.41) is 2.37. The van der Waals surface area contributed by atoms with Crippen molar-refractivity contribution >= 4 is 35.1 Å². The van der Waals surface area contributed by atoms with E-state index in [1.54, 1.807) is 0 Å². The fraction of sp³-hybridized carbons (Fsp3) is 0.316. The minimum Gasteiger partial charge on any atom is -0.384 e. The summed E-state index contributed by atoms with van der Waals surface area (Å²) in [6, 6.07) is 2.23. The summed E-state index contributed by atoms with van der Waals surface area (Å²) in [5.41, 5.74) is 2.18. The molecule has 1 aliphatic carbocycles. The van der Waals surface area contributed by atoms with E-state index in [0.29, 0.717) is 17.7 Å². The lowest BCUT2D eigenvalue weighted by atomic mass is 9.92. The third kappa shape index (κ3) is 3.30. The zero-order valence-electron chi connectivity index (χ0n) is 16.2. The van der Waals surface area contributed by atoms with Gasteiger partial charge in [0.2, 0.25) is 0 Å². The number of Topliss-reactive ketones (excluding diaryl/α,β-unsaturated/α-hetero) is 1. The van der Waals surface area contributed by atoms with E-state index in [1.807, 2.05) is 4.98 Å². The molecule has 2 heterocycles. The summed E-state index contributed by atoms with van der Waals surface area (Å²) < 4.78 is 14.5. The first-order valence-electron chi connectivity index (χ1n) is 9.31. The minimum atomic E-state index is -1.65. The summed E-state index contributed by atoms with van der Waals surface area (Å²) in [7, 11) is 0. The number of H-pyrrole nitrogens is 1. The Morgan fingerprint density at radius 1 is 1.29 bits per heavy atom. The van der Waals surface area contributed by atoms with Crippen LogP contribution in [-0.4, -0.2) is 38.7 Å². The molecule has 31 heavy (non-hydrogen) atoms. The Morgan fingerprint density at radius 2 is 1.97 bits per heavy atom. The summed E-state index contributed by atoms with van der Waals surface area (Å²) in [6.45, 7) is 0.584. The van der Waals surface area contributed by atoms with Crippen molar-refractivity contribution in [1.29, 1.82) is 0 Å². The van der Waals surface area contributed by atoms with Gasteiger partial charge in [-0.1, -0.05) is 17.7 Å². The number of benzene rings is 1. The van der Waals surface area contributed by atoms with Crippen molar-refractivity contribution in [3.63, 3.8) is 0 Å². The Balaban J connectivity index is 1.66. The van der Waals surface area contributed by atoms with Gasteiger partial charge in [0.15, 0.2) is 5.78 Å². The number of carbonyl (C=O) groups excluding carboxylic acids is 3. The molecule has 2 aromatic rings. The topological polar surface area (TPSA) is 147 Å². The molecule has 1 atom stereocenters. The summed E-state index contributed by atoms with van der Waals surface area (Å²) in [4.78, 5) is 65.2. The van der Waals surface area contributed by atoms with Gasteiger partial charge in [-0.25, -0.2) is 14.0 Å². The third-order valence-electron chi connectivity index (χ3n) is 5.42. The standard InChI is InChI=1S/C19H17ClFN5O5/c1-19(10-5-2-8(21)6-11(10)20)16(29)25(18(31)24-19)7-12(27)13-14(22)26(9-3-4-9)17(30)23-15(13)28/h2,5-6,9H,3-4,7,22H2,1H3,(H,24,31)(H,23,28,30). The number of aromatic amines is 1. The largest absolute Gasteiger partial charge is 0.384 e. The molecule has 4 rings (SSSR count). The van der Waals surface area contributed by atoms with Gasteiger partial charge in [-0.15, -0.1) is 0 Å². The van der Waals surface area contributed by atoms with Crippen LogP contribution in [0.5, 0.6) is 0 Å². The van der Waals surface area contributed by atoms with Crippen molar-refractivity contribution in [1.82, 2.24) is 19.8 Å². The summed E-state index contributed by atoms with van der Waals surface area (Å²) in [6.07, 6.45) is 1.35. The summed E-state index contributed by atoms with van der Waals surface area (Å²) >= 11 is 6.05. The quantitative estimate of drug-likeness (QED) is 0.456. The zero-order valence-corrected chi connectivity index (χ0v) is 17.0. The van der Waals surface area contributed by atoms with E-state index >= 15 is 0 Å². The van der Waals surface area contributed by atoms with Gasteiger partial charge in [0, 0.05) is 16.6 Å². The van der Waals surface area contributed by atoms with Gasteiger partial charge in [-0.3, -0.25) is 28.8 Å². The number of rotatable bonds is 5. The van der Waals surface area contributed by atoms with Crippen molar-refractivity contribution in [3.05, 3.63) is 61.0 Å². The second kappa shape index (κ2) is 7.05. The fourth-order valence-corrected chi connectivity index (χ4v) is 4.03. The van der Waals surface area contributed by atoms with Crippen LogP contribution >= 0.6 is 11.6 Å². The van der Waals surface area contributed by atoms with Crippen molar-refractivity contribution in [3.8, 4) is 0 Å². The van der Waals surface area contributed by atoms with Crippen molar-refractivity contribution in [2.75, 3.05) is 12.3 Å². The highest BCUT2D eigenvalue weighted by atomic mass is 35.5. The number of imide groups is 1. The van der Waals surface area contributed by atoms with Crippen LogP contribution in [0.2, 0.25) is 5.02 Å². The number of urea groups is 1. The summed E-state index contributed by atoms with van der Waals surface area (Å²) in [5.74, 6) is -2.66. The second-order valence-corrected chi connectivity index (χ2v) is 8.02. The lowest BCUT2D eigenvalue weighted by Crippen LogP contribution is -2.43. The number of halogens is 2. The van der Waals surface area contributed by atoms with Crippen LogP contribution in [0.25, 0.3) is 0 Å². The van der Waals surface area contributed by atoms with Gasteiger partial charge in [-0.05, 0) is 31.9 Å². The molecular formula is C19H17ClFN5O5. The van der Waals surface area contributed by atoms with Crippen LogP contribution in [0.1, 0.15) is 41.7 Å². The molecule has 1 aromatic carbocycles. The van der Waals surface area contributed by atoms with Gasteiger partial charge in [-0.2, -0.15) is 0 Å². The molecule has 1 unspecified atom stereocenters. The molecule has 3 amide bonds. The lowest BCUT2D eigenvalue weighted by Gasteiger charge is -2.23. The number of nitrogens with one attached hydrogen (secondary N) is 2. The molecule has 0 spiro atoms. The number of ketones is 1. The van der Waals surface area contributed by atoms with Gasteiger partial charge >= 0.3 is 11.7 Å². The highest BCUT2D eigenvalue weighted by Gasteiger charge is 2.50. The average Bonchev–Trinajstić information content (AvgIpc) is 3.46. The van der Waals surface area contributed by atoms with Crippen LogP contribution in [0.4, 0.5) is 15.0 Å². The first-order valence-corrected chi connectivity index (χ1v) is 9.69. The Morgan fingerprint density at radius 3 is 2.58 bits per heavy atom. The second-order valence-electron chi connectivity index (χ2n) is 7.61. The van der Waals surface area contributed by atoms with E-state index < -0.39 is 52.4 Å². The molecular weight excluding hydrogens is 433 g/mol. The predicted octanol–water partition coefficient (Wildman–Crippen LogP) is 0.896. The van der Waals surface area contributed by atoms with Gasteiger partial charge in [0.1, 0.15) is 22.7 Å². The van der Waals surface area contributed by atoms with Crippen LogP contribution in [-0.2, 0) is 10.3 Å². The third-order valence-corrected chi connectivity index (χ3v) is 5.73. The number of hydrogen-bond donors (Lipinski definition) is 3. The van der Waals surface area contributed by atoms with Crippen molar-refractivity contribution in [2.45, 2.75) is 31.3 Å². The highest BCUT2D eigenvalue weighted by Crippen LogP contribution is 2.36. The number of amides is 3. The van der Waals surface area contributed by atoms with E-state index in [9.17, 15) is 28.4 Å². The van der Waals surface area contributed by atoms with E-state index in [4.69, 9.17) is 17.3 Å². The smallest absolute Gasteiger partial charge is 0.330 e. The monoisotopic (exact) mass is 449 g/mol. The molecule has 0 bridgehead atoms. The number of aromatic nitrogens is 2. The predicted molar refractivity (Wildman–Crippen MR) is 107 cm³/mol. The van der Waals surface area contributed by atoms with Gasteiger partial charge in [0.25, 0.3) is 11.5 Å². The Hall–Kier alpha value is -3.47. The number of hydrogen-bond acceptors (Lipinski definition) is 6. The molecule has 0 radical (unpaired) electrons. The van der Waals surface area contributed by atoms with Gasteiger partial charge in [0.05, 0.1) is 6.54 Å². The molecule has 162 valence electrons. The molecule has 1 aliphatic heterocycles. The maximum absolute atomic E-state index is 13.4. The molecule has 1 saturated heterocycles. The Kier molecular flexibility index (Phi) is 4.73. The van der Waals surface area contributed by atoms with E-state index in [1.165, 1.54) is 13.0 Å². The minimum absolute atomic E-state index is 0.0819. The first-order chi connectivity index (χ1) is 14.5. The molecule has 2 fully saturated rings. The van der Waals surface area contributed by atoms with Crippen LogP contribution < -0.4 is 22.3 Å².